The highest BCUT2D eigenvalue weighted by Crippen LogP contribution is 2.25. The molecule has 0 aromatic carbocycles. The summed E-state index contributed by atoms with van der Waals surface area (Å²) in [6, 6.07) is 0. The predicted molar refractivity (Wildman–Crippen MR) is 59.5 cm³/mol. The third-order valence-corrected chi connectivity index (χ3v) is 3.44. The molecule has 13 heavy (non-hydrogen) atoms. The summed E-state index contributed by atoms with van der Waals surface area (Å²) in [4.78, 5) is 2.68. The lowest BCUT2D eigenvalue weighted by Crippen LogP contribution is -2.27. The smallest absolute Gasteiger partial charge is 0.000966 e. The Morgan fingerprint density at radius 2 is 1.46 bits per heavy atom. The number of halogens is 1. The Morgan fingerprint density at radius 3 is 2.08 bits per heavy atom. The molecule has 0 amide bonds. The van der Waals surface area contributed by atoms with Crippen LogP contribution in [0.5, 0.6) is 0 Å². The summed E-state index contributed by atoms with van der Waals surface area (Å²) in [6.45, 7) is 4.19. The fourth-order valence-corrected chi connectivity index (χ4v) is 2.70. The van der Waals surface area contributed by atoms with Crippen molar-refractivity contribution < 1.29 is 0 Å². The Morgan fingerprint density at radius 1 is 0.846 bits per heavy atom. The van der Waals surface area contributed by atoms with E-state index in [9.17, 15) is 0 Å². The standard InChI is InChI=1S/C11H21N.ClH/c1-2-6-11(7-3-1)10-12-8-4-5-9-12;/h11H,1-10H2;1H. The van der Waals surface area contributed by atoms with Gasteiger partial charge in [-0.3, -0.25) is 0 Å². The van der Waals surface area contributed by atoms with E-state index < -0.39 is 0 Å². The monoisotopic (exact) mass is 203 g/mol. The molecule has 0 aromatic rings. The Hall–Kier alpha value is 0.250. The molecule has 0 radical (unpaired) electrons. The Bertz CT molecular complexity index is 126. The van der Waals surface area contributed by atoms with Crippen molar-refractivity contribution >= 4 is 12.4 Å². The third-order valence-electron chi connectivity index (χ3n) is 3.44. The van der Waals surface area contributed by atoms with Crippen LogP contribution in [0.15, 0.2) is 0 Å². The Balaban J connectivity index is 0.000000845. The lowest BCUT2D eigenvalue weighted by molar-refractivity contribution is 0.234. The average molecular weight is 204 g/mol. The maximum absolute atomic E-state index is 2.68. The van der Waals surface area contributed by atoms with Gasteiger partial charge in [0.2, 0.25) is 0 Å². The first-order valence-electron chi connectivity index (χ1n) is 5.67. The van der Waals surface area contributed by atoms with Crippen LogP contribution in [0.25, 0.3) is 0 Å². The second-order valence-corrected chi connectivity index (χ2v) is 4.51. The van der Waals surface area contributed by atoms with Gasteiger partial charge >= 0.3 is 0 Å². The summed E-state index contributed by atoms with van der Waals surface area (Å²) >= 11 is 0. The van der Waals surface area contributed by atoms with Crippen molar-refractivity contribution in [3.05, 3.63) is 0 Å². The molecule has 1 aliphatic heterocycles. The first kappa shape index (κ1) is 11.3. The van der Waals surface area contributed by atoms with Crippen molar-refractivity contribution in [3.8, 4) is 0 Å². The van der Waals surface area contributed by atoms with Crippen molar-refractivity contribution in [1.29, 1.82) is 0 Å². The molecule has 1 heterocycles. The van der Waals surface area contributed by atoms with E-state index >= 15 is 0 Å². The molecular weight excluding hydrogens is 182 g/mol. The van der Waals surface area contributed by atoms with Crippen molar-refractivity contribution in [2.75, 3.05) is 19.6 Å². The van der Waals surface area contributed by atoms with E-state index in [2.05, 4.69) is 4.90 Å². The van der Waals surface area contributed by atoms with Gasteiger partial charge in [-0.2, -0.15) is 0 Å². The van der Waals surface area contributed by atoms with E-state index in [-0.39, 0.29) is 12.4 Å². The van der Waals surface area contributed by atoms with Crippen LogP contribution < -0.4 is 0 Å². The van der Waals surface area contributed by atoms with Crippen LogP contribution in [0.2, 0.25) is 0 Å². The van der Waals surface area contributed by atoms with Crippen LogP contribution in [-0.4, -0.2) is 24.5 Å². The number of likely N-dealkylation sites (tertiary alicyclic amines) is 1. The van der Waals surface area contributed by atoms with Gasteiger partial charge in [-0.05, 0) is 44.7 Å². The van der Waals surface area contributed by atoms with Crippen LogP contribution in [0.3, 0.4) is 0 Å². The molecule has 2 aliphatic rings. The molecule has 1 nitrogen and oxygen atoms in total. The number of rotatable bonds is 2. The maximum Gasteiger partial charge on any atom is 0.000966 e. The van der Waals surface area contributed by atoms with Gasteiger partial charge < -0.3 is 4.90 Å². The van der Waals surface area contributed by atoms with Gasteiger partial charge in [0.25, 0.3) is 0 Å². The summed E-state index contributed by atoms with van der Waals surface area (Å²) < 4.78 is 0. The van der Waals surface area contributed by atoms with Crippen LogP contribution in [0.4, 0.5) is 0 Å². The molecule has 78 valence electrons. The molecule has 1 aliphatic carbocycles. The molecule has 2 rings (SSSR count). The third kappa shape index (κ3) is 3.47. The summed E-state index contributed by atoms with van der Waals surface area (Å²) in [5.74, 6) is 1.05. The first-order valence-corrected chi connectivity index (χ1v) is 5.67. The molecule has 0 unspecified atom stereocenters. The first-order chi connectivity index (χ1) is 5.95. The van der Waals surface area contributed by atoms with Crippen LogP contribution in [0, 0.1) is 5.92 Å². The van der Waals surface area contributed by atoms with Gasteiger partial charge in [0.1, 0.15) is 0 Å². The van der Waals surface area contributed by atoms with E-state index in [0.717, 1.165) is 5.92 Å². The zero-order valence-electron chi connectivity index (χ0n) is 8.50. The minimum Gasteiger partial charge on any atom is -0.303 e. The fraction of sp³-hybridized carbons (Fsp3) is 1.00. The summed E-state index contributed by atoms with van der Waals surface area (Å²) in [5.41, 5.74) is 0. The van der Waals surface area contributed by atoms with Crippen molar-refractivity contribution in [3.63, 3.8) is 0 Å². The zero-order chi connectivity index (χ0) is 8.23. The van der Waals surface area contributed by atoms with Gasteiger partial charge in [0.05, 0.1) is 0 Å². The quantitative estimate of drug-likeness (QED) is 0.667. The van der Waals surface area contributed by atoms with E-state index in [1.807, 2.05) is 0 Å². The SMILES string of the molecule is C1CCC(CN2CCCC2)CC1.Cl. The van der Waals surface area contributed by atoms with E-state index in [4.69, 9.17) is 0 Å². The van der Waals surface area contributed by atoms with Crippen molar-refractivity contribution in [2.24, 2.45) is 5.92 Å². The summed E-state index contributed by atoms with van der Waals surface area (Å²) in [6.07, 6.45) is 10.4. The number of nitrogens with zero attached hydrogens (tertiary/aromatic N) is 1. The zero-order valence-corrected chi connectivity index (χ0v) is 9.32. The summed E-state index contributed by atoms with van der Waals surface area (Å²) in [7, 11) is 0. The minimum absolute atomic E-state index is 0. The molecule has 0 bridgehead atoms. The highest BCUT2D eigenvalue weighted by atomic mass is 35.5. The van der Waals surface area contributed by atoms with Gasteiger partial charge in [-0.25, -0.2) is 0 Å². The normalized spacial score (nSPS) is 25.8. The molecule has 0 aromatic heterocycles. The Labute approximate surface area is 88.3 Å². The molecule has 2 heteroatoms. The average Bonchev–Trinajstić information content (AvgIpc) is 2.59. The van der Waals surface area contributed by atoms with E-state index in [1.54, 1.807) is 0 Å². The molecular formula is C11H22ClN. The predicted octanol–water partition coefficient (Wildman–Crippen LogP) is 3.08. The lowest BCUT2D eigenvalue weighted by atomic mass is 9.89. The van der Waals surface area contributed by atoms with Crippen molar-refractivity contribution in [1.82, 2.24) is 4.90 Å². The number of hydrogen-bond donors (Lipinski definition) is 0. The second kappa shape index (κ2) is 5.87. The fourth-order valence-electron chi connectivity index (χ4n) is 2.70. The van der Waals surface area contributed by atoms with Gasteiger partial charge in [-0.15, -0.1) is 12.4 Å². The second-order valence-electron chi connectivity index (χ2n) is 4.51. The summed E-state index contributed by atoms with van der Waals surface area (Å²) in [5, 5.41) is 0. The molecule has 1 saturated heterocycles. The van der Waals surface area contributed by atoms with Gasteiger partial charge in [0.15, 0.2) is 0 Å². The molecule has 0 spiro atoms. The molecule has 0 N–H and O–H groups in total. The molecule has 1 saturated carbocycles. The van der Waals surface area contributed by atoms with Crippen molar-refractivity contribution in [2.45, 2.75) is 44.9 Å². The van der Waals surface area contributed by atoms with Gasteiger partial charge in [-0.1, -0.05) is 19.3 Å². The minimum atomic E-state index is 0. The highest BCUT2D eigenvalue weighted by molar-refractivity contribution is 5.85. The molecule has 2 fully saturated rings. The van der Waals surface area contributed by atoms with Gasteiger partial charge in [0, 0.05) is 6.54 Å². The highest BCUT2D eigenvalue weighted by Gasteiger charge is 2.18. The van der Waals surface area contributed by atoms with E-state index in [1.165, 1.54) is 64.6 Å². The van der Waals surface area contributed by atoms with E-state index in [0.29, 0.717) is 0 Å². The topological polar surface area (TPSA) is 3.24 Å². The maximum atomic E-state index is 2.68. The molecule has 0 atom stereocenters. The number of hydrogen-bond acceptors (Lipinski definition) is 1. The van der Waals surface area contributed by atoms with Crippen LogP contribution >= 0.6 is 12.4 Å². The van der Waals surface area contributed by atoms with Crippen LogP contribution in [0.1, 0.15) is 44.9 Å². The van der Waals surface area contributed by atoms with Crippen LogP contribution in [-0.2, 0) is 0 Å². The largest absolute Gasteiger partial charge is 0.303 e. The Kier molecular flexibility index (Phi) is 5.12. The lowest BCUT2D eigenvalue weighted by Gasteiger charge is -2.26.